The smallest absolute Gasteiger partial charge is 0.329 e. The van der Waals surface area contributed by atoms with Gasteiger partial charge in [-0.2, -0.15) is 0 Å². The molecular weight excluding hydrogens is 835 g/mol. The number of methoxy groups -OCH3 is 3. The highest BCUT2D eigenvalue weighted by Gasteiger charge is 2.53. The Bertz CT molecular complexity index is 1760. The fraction of sp³-hybridized carbons (Fsp3) is 0.745. The van der Waals surface area contributed by atoms with Crippen molar-refractivity contribution in [3.05, 3.63) is 47.6 Å². The molecule has 4 aliphatic rings. The lowest BCUT2D eigenvalue weighted by atomic mass is 9.78. The number of Topliss-reactive ketones (excluding diaryl/α,β-unsaturated/α-hetero) is 3. The maximum Gasteiger partial charge on any atom is 0.329 e. The summed E-state index contributed by atoms with van der Waals surface area (Å²) >= 11 is 0. The largest absolute Gasteiger partial charge is 0.460 e. The molecule has 4 rings (SSSR count). The van der Waals surface area contributed by atoms with Crippen molar-refractivity contribution in [2.75, 3.05) is 27.9 Å². The van der Waals surface area contributed by atoms with Gasteiger partial charge in [0.05, 0.1) is 24.4 Å². The summed E-state index contributed by atoms with van der Waals surface area (Å²) < 4.78 is 29.4. The van der Waals surface area contributed by atoms with Crippen LogP contribution in [-0.4, -0.2) is 132 Å². The number of aliphatic hydroxyl groups excluding tert-OH is 2. The first-order valence-electron chi connectivity index (χ1n) is 23.9. The first-order valence-corrected chi connectivity index (χ1v) is 23.9. The highest BCUT2D eigenvalue weighted by atomic mass is 16.6. The number of amides is 1. The zero-order valence-electron chi connectivity index (χ0n) is 40.6. The standard InChI is InChI=1S/C51H79NO13/c1-30-16-12-11-13-17-31(2)42(61-8)28-38-21-19-36(7)51(60,65-38)48(57)49(58)52-23-15-14-18-39(52)50(59)64-43(33(4)26-37-20-22-40(53)44(27-37)62-9)29-41(54)32(3)25-35(6)46(56)47(63-10)45(55)34(5)24-30/h11-13,16-17,25,30,32-34,36-40,42-44,46-47,53,56,60H,14-15,18-24,26-29H2,1-10H3/b13-11+,16-12+,31-17-,35-25+/t30-,32-,33?,34+,36-,37?,38+,39+,40-,42+,43+,44-,46-,47+,51-/m1/s1. The Balaban J connectivity index is 1.70. The Morgan fingerprint density at radius 3 is 2.25 bits per heavy atom. The van der Waals surface area contributed by atoms with E-state index in [-0.39, 0.29) is 54.8 Å². The molecule has 65 heavy (non-hydrogen) atoms. The Labute approximate surface area is 387 Å². The third-order valence-electron chi connectivity index (χ3n) is 14.5. The van der Waals surface area contributed by atoms with E-state index < -0.39 is 83.9 Å². The minimum Gasteiger partial charge on any atom is -0.460 e. The van der Waals surface area contributed by atoms with E-state index in [1.165, 1.54) is 12.0 Å². The molecule has 0 aromatic carbocycles. The summed E-state index contributed by atoms with van der Waals surface area (Å²) in [6.45, 7) is 12.7. The first kappa shape index (κ1) is 54.2. The number of hydrogen-bond donors (Lipinski definition) is 3. The lowest BCUT2D eigenvalue weighted by Gasteiger charge is -2.42. The Hall–Kier alpha value is -3.37. The van der Waals surface area contributed by atoms with Crippen LogP contribution in [0.4, 0.5) is 0 Å². The number of esters is 1. The second-order valence-electron chi connectivity index (χ2n) is 19.6. The van der Waals surface area contributed by atoms with Crippen LogP contribution in [0, 0.1) is 35.5 Å². The molecule has 0 aromatic heterocycles. The SMILES string of the molecule is CO[C@H]1C[C@@H]2CC[C@@H](C)[C@@](O)(O2)C(=O)C(=O)N2CCCC[C@H]2C(=O)O[C@H](C(C)CC2CC[C@@H](O)[C@H](OC)C2)CC(=O)[C@H](C)/C=C(\C)[C@@H](O)[C@@H](OC)C(=O)[C@@H](C)C[C@H](C)/C=C/C=C/C=C\1C. The van der Waals surface area contributed by atoms with Crippen LogP contribution >= 0.6 is 0 Å². The number of carbonyl (C=O) groups is 5. The minimum absolute atomic E-state index is 0.0193. The minimum atomic E-state index is -2.43. The van der Waals surface area contributed by atoms with Crippen molar-refractivity contribution >= 4 is 29.2 Å². The first-order chi connectivity index (χ1) is 30.7. The highest BCUT2D eigenvalue weighted by Crippen LogP contribution is 2.38. The average molecular weight is 914 g/mol. The van der Waals surface area contributed by atoms with Crippen LogP contribution in [-0.2, 0) is 47.7 Å². The summed E-state index contributed by atoms with van der Waals surface area (Å²) in [6.07, 6.45) is 11.2. The van der Waals surface area contributed by atoms with Crippen molar-refractivity contribution < 1.29 is 63.0 Å². The molecule has 3 fully saturated rings. The molecule has 3 N–H and O–H groups in total. The zero-order chi connectivity index (χ0) is 48.2. The maximum absolute atomic E-state index is 14.4. The monoisotopic (exact) mass is 914 g/mol. The average Bonchev–Trinajstić information content (AvgIpc) is 3.28. The fourth-order valence-electron chi connectivity index (χ4n) is 10.1. The van der Waals surface area contributed by atoms with Gasteiger partial charge in [0.2, 0.25) is 5.79 Å². The van der Waals surface area contributed by atoms with E-state index in [0.717, 1.165) is 12.0 Å². The number of fused-ring (bicyclic) bond motifs is 3. The van der Waals surface area contributed by atoms with Crippen LogP contribution in [0.25, 0.3) is 0 Å². The molecule has 366 valence electrons. The second kappa shape index (κ2) is 25.1. The Morgan fingerprint density at radius 1 is 0.846 bits per heavy atom. The van der Waals surface area contributed by atoms with Gasteiger partial charge in [0.1, 0.15) is 30.1 Å². The van der Waals surface area contributed by atoms with Crippen molar-refractivity contribution in [2.45, 2.75) is 180 Å². The van der Waals surface area contributed by atoms with Crippen molar-refractivity contribution in [3.63, 3.8) is 0 Å². The van der Waals surface area contributed by atoms with Crippen LogP contribution < -0.4 is 0 Å². The summed E-state index contributed by atoms with van der Waals surface area (Å²) in [5, 5.41) is 33.8. The molecular formula is C51H79NO13. The molecule has 1 saturated carbocycles. The van der Waals surface area contributed by atoms with E-state index in [9.17, 15) is 39.3 Å². The molecule has 2 bridgehead atoms. The van der Waals surface area contributed by atoms with Gasteiger partial charge in [0.15, 0.2) is 5.78 Å². The topological polar surface area (TPSA) is 195 Å². The lowest BCUT2D eigenvalue weighted by Crippen LogP contribution is -2.61. The molecule has 0 spiro atoms. The van der Waals surface area contributed by atoms with E-state index in [2.05, 4.69) is 0 Å². The molecule has 0 aromatic rings. The van der Waals surface area contributed by atoms with Crippen LogP contribution in [0.3, 0.4) is 0 Å². The number of ketones is 3. The summed E-state index contributed by atoms with van der Waals surface area (Å²) in [7, 11) is 4.52. The quantitative estimate of drug-likeness (QED) is 0.156. The van der Waals surface area contributed by atoms with E-state index in [4.69, 9.17) is 23.7 Å². The normalized spacial score (nSPS) is 40.4. The van der Waals surface area contributed by atoms with Gasteiger partial charge in [-0.05, 0) is 107 Å². The Kier molecular flexibility index (Phi) is 21.0. The number of carbonyl (C=O) groups excluding carboxylic acids is 5. The molecule has 14 heteroatoms. The number of allylic oxidation sites excluding steroid dienone is 6. The highest BCUT2D eigenvalue weighted by molar-refractivity contribution is 6.39. The van der Waals surface area contributed by atoms with Gasteiger partial charge in [0, 0.05) is 58.5 Å². The number of piperidine rings is 1. The predicted octanol–water partition coefficient (Wildman–Crippen LogP) is 6.18. The molecule has 15 atom stereocenters. The summed E-state index contributed by atoms with van der Waals surface area (Å²) in [4.78, 5) is 71.8. The molecule has 3 heterocycles. The van der Waals surface area contributed by atoms with Gasteiger partial charge in [-0.1, -0.05) is 71.1 Å². The lowest BCUT2D eigenvalue weighted by molar-refractivity contribution is -0.265. The number of cyclic esters (lactones) is 1. The fourth-order valence-corrected chi connectivity index (χ4v) is 10.1. The van der Waals surface area contributed by atoms with Gasteiger partial charge in [-0.15, -0.1) is 0 Å². The third-order valence-corrected chi connectivity index (χ3v) is 14.5. The molecule has 0 radical (unpaired) electrons. The summed E-state index contributed by atoms with van der Waals surface area (Å²) in [5.41, 5.74) is 1.27. The van der Waals surface area contributed by atoms with Gasteiger partial charge in [0.25, 0.3) is 11.7 Å². The van der Waals surface area contributed by atoms with E-state index in [1.807, 2.05) is 58.1 Å². The molecule has 14 nitrogen and oxygen atoms in total. The van der Waals surface area contributed by atoms with Crippen LogP contribution in [0.2, 0.25) is 0 Å². The number of hydrogen-bond acceptors (Lipinski definition) is 13. The van der Waals surface area contributed by atoms with Crippen molar-refractivity contribution in [1.29, 1.82) is 0 Å². The van der Waals surface area contributed by atoms with Crippen molar-refractivity contribution in [3.8, 4) is 0 Å². The molecule has 3 aliphatic heterocycles. The van der Waals surface area contributed by atoms with Gasteiger partial charge in [-0.3, -0.25) is 19.2 Å². The van der Waals surface area contributed by atoms with Crippen molar-refractivity contribution in [2.24, 2.45) is 35.5 Å². The number of aliphatic hydroxyl groups is 3. The molecule has 2 unspecified atom stereocenters. The zero-order valence-corrected chi connectivity index (χ0v) is 40.6. The Morgan fingerprint density at radius 2 is 1.57 bits per heavy atom. The number of nitrogens with zero attached hydrogens (tertiary/aromatic N) is 1. The van der Waals surface area contributed by atoms with Crippen LogP contribution in [0.1, 0.15) is 126 Å². The van der Waals surface area contributed by atoms with Crippen LogP contribution in [0.5, 0.6) is 0 Å². The van der Waals surface area contributed by atoms with Gasteiger partial charge < -0.3 is 43.9 Å². The van der Waals surface area contributed by atoms with Gasteiger partial charge in [-0.25, -0.2) is 4.79 Å². The molecule has 1 aliphatic carbocycles. The maximum atomic E-state index is 14.4. The summed E-state index contributed by atoms with van der Waals surface area (Å²) in [6, 6.07) is -1.14. The van der Waals surface area contributed by atoms with E-state index in [0.29, 0.717) is 63.4 Å². The van der Waals surface area contributed by atoms with E-state index in [1.54, 1.807) is 41.1 Å². The number of ether oxygens (including phenoxy) is 5. The van der Waals surface area contributed by atoms with Crippen LogP contribution in [0.15, 0.2) is 47.6 Å². The van der Waals surface area contributed by atoms with Crippen molar-refractivity contribution in [1.82, 2.24) is 4.90 Å². The number of rotatable bonds is 6. The second-order valence-corrected chi connectivity index (χ2v) is 19.6. The van der Waals surface area contributed by atoms with Gasteiger partial charge >= 0.3 is 5.97 Å². The molecule has 2 saturated heterocycles. The van der Waals surface area contributed by atoms with E-state index >= 15 is 0 Å². The predicted molar refractivity (Wildman–Crippen MR) is 245 cm³/mol. The third kappa shape index (κ3) is 14.3. The molecule has 1 amide bonds. The summed E-state index contributed by atoms with van der Waals surface area (Å²) in [5.74, 6) is -7.96.